The van der Waals surface area contributed by atoms with Crippen molar-refractivity contribution >= 4 is 33.7 Å². The summed E-state index contributed by atoms with van der Waals surface area (Å²) in [5, 5.41) is 9.67. The number of nitrogens with zero attached hydrogens (tertiary/aromatic N) is 3. The van der Waals surface area contributed by atoms with E-state index in [1.165, 1.54) is 21.8 Å². The highest BCUT2D eigenvalue weighted by molar-refractivity contribution is 7.91. The number of nitrogens with one attached hydrogen (secondary N) is 3. The molecule has 230 valence electrons. The van der Waals surface area contributed by atoms with Crippen molar-refractivity contribution in [1.29, 1.82) is 0 Å². The van der Waals surface area contributed by atoms with Crippen molar-refractivity contribution in [2.24, 2.45) is 5.92 Å². The quantitative estimate of drug-likeness (QED) is 0.395. The Kier molecular flexibility index (Phi) is 8.46. The van der Waals surface area contributed by atoms with Crippen LogP contribution in [0.4, 0.5) is 4.39 Å². The molecule has 0 spiro atoms. The number of fused-ring (bicyclic) bond motifs is 2. The number of carbonyl (C=O) groups excluding carboxylic acids is 4. The molecule has 3 N–H and O–H groups in total. The van der Waals surface area contributed by atoms with Gasteiger partial charge in [0.15, 0.2) is 0 Å². The smallest absolute Gasteiger partial charge is 0.272 e. The number of hydrogen-bond acceptors (Lipinski definition) is 7. The summed E-state index contributed by atoms with van der Waals surface area (Å²) in [5.41, 5.74) is -1.34. The summed E-state index contributed by atoms with van der Waals surface area (Å²) < 4.78 is 40.9. The van der Waals surface area contributed by atoms with Crippen LogP contribution < -0.4 is 15.4 Å². The van der Waals surface area contributed by atoms with E-state index in [0.29, 0.717) is 51.5 Å². The average Bonchev–Trinajstić information content (AvgIpc) is 3.69. The van der Waals surface area contributed by atoms with Crippen LogP contribution in [0.2, 0.25) is 0 Å². The van der Waals surface area contributed by atoms with Gasteiger partial charge in [0.2, 0.25) is 21.8 Å². The highest BCUT2D eigenvalue weighted by Crippen LogP contribution is 2.47. The molecule has 4 aliphatic rings. The Labute approximate surface area is 244 Å². The van der Waals surface area contributed by atoms with Crippen LogP contribution in [0.25, 0.3) is 0 Å². The number of hydrogen-bond donors (Lipinski definition) is 3. The van der Waals surface area contributed by atoms with Gasteiger partial charge in [-0.3, -0.25) is 28.6 Å². The van der Waals surface area contributed by atoms with Gasteiger partial charge in [0.1, 0.15) is 30.0 Å². The lowest BCUT2D eigenvalue weighted by Gasteiger charge is -2.30. The van der Waals surface area contributed by atoms with Gasteiger partial charge in [0.25, 0.3) is 11.8 Å². The first kappa shape index (κ1) is 30.2. The Bertz CT molecular complexity index is 1370. The normalized spacial score (nSPS) is 29.4. The van der Waals surface area contributed by atoms with Gasteiger partial charge in [-0.1, -0.05) is 25.0 Å². The van der Waals surface area contributed by atoms with Crippen LogP contribution in [-0.4, -0.2) is 82.3 Å². The number of aryl methyl sites for hydroxylation is 1. The van der Waals surface area contributed by atoms with Crippen LogP contribution in [0, 0.1) is 5.92 Å². The molecule has 0 bridgehead atoms. The van der Waals surface area contributed by atoms with Gasteiger partial charge >= 0.3 is 0 Å². The van der Waals surface area contributed by atoms with E-state index in [0.717, 1.165) is 12.8 Å². The molecule has 0 radical (unpaired) electrons. The zero-order valence-corrected chi connectivity index (χ0v) is 24.6. The molecule has 1 aromatic rings. The van der Waals surface area contributed by atoms with Crippen molar-refractivity contribution in [3.63, 3.8) is 0 Å². The number of amides is 4. The van der Waals surface area contributed by atoms with E-state index < -0.39 is 62.7 Å². The first-order chi connectivity index (χ1) is 20.0. The molecule has 4 unspecified atom stereocenters. The fraction of sp³-hybridized carbons (Fsp3) is 0.679. The van der Waals surface area contributed by atoms with E-state index in [-0.39, 0.29) is 24.6 Å². The van der Waals surface area contributed by atoms with Crippen molar-refractivity contribution < 1.29 is 32.0 Å². The molecule has 2 aliphatic heterocycles. The third-order valence-electron chi connectivity index (χ3n) is 8.96. The maximum atomic E-state index is 13.8. The zero-order valence-electron chi connectivity index (χ0n) is 23.8. The second-order valence-electron chi connectivity index (χ2n) is 12.1. The molecule has 1 saturated heterocycles. The lowest BCUT2D eigenvalue weighted by atomic mass is 10.0. The third kappa shape index (κ3) is 6.09. The Morgan fingerprint density at radius 3 is 2.69 bits per heavy atom. The van der Waals surface area contributed by atoms with Gasteiger partial charge in [0.05, 0.1) is 11.3 Å². The topological polar surface area (TPSA) is 160 Å². The highest BCUT2D eigenvalue weighted by Gasteiger charge is 2.62. The minimum atomic E-state index is -3.90. The zero-order chi connectivity index (χ0) is 30.1. The molecule has 4 atom stereocenters. The molecule has 2 aliphatic carbocycles. The molecule has 14 heteroatoms. The first-order valence-corrected chi connectivity index (χ1v) is 16.2. The molecular weight excluding hydrogens is 567 g/mol. The monoisotopic (exact) mass is 606 g/mol. The van der Waals surface area contributed by atoms with E-state index in [4.69, 9.17) is 0 Å². The molecule has 4 amide bonds. The van der Waals surface area contributed by atoms with E-state index in [9.17, 15) is 32.0 Å². The van der Waals surface area contributed by atoms with E-state index in [1.54, 1.807) is 6.92 Å². The summed E-state index contributed by atoms with van der Waals surface area (Å²) in [5.74, 6) is -2.59. The van der Waals surface area contributed by atoms with Crippen LogP contribution in [0.5, 0.6) is 0 Å². The molecule has 3 heterocycles. The molecule has 12 nitrogen and oxygen atoms in total. The largest absolute Gasteiger partial charge is 0.339 e. The van der Waals surface area contributed by atoms with Crippen molar-refractivity contribution in [3.05, 3.63) is 30.1 Å². The summed E-state index contributed by atoms with van der Waals surface area (Å²) in [7, 11) is -3.90. The van der Waals surface area contributed by atoms with Crippen LogP contribution in [0.1, 0.15) is 81.6 Å². The molecule has 1 aromatic heterocycles. The Morgan fingerprint density at radius 2 is 1.95 bits per heavy atom. The van der Waals surface area contributed by atoms with Gasteiger partial charge in [-0.25, -0.2) is 12.8 Å². The second-order valence-corrected chi connectivity index (χ2v) is 14.3. The van der Waals surface area contributed by atoms with Crippen LogP contribution >= 0.6 is 0 Å². The predicted octanol–water partition coefficient (Wildman–Crippen LogP) is 1.34. The lowest BCUT2D eigenvalue weighted by molar-refractivity contribution is -0.141. The van der Waals surface area contributed by atoms with Gasteiger partial charge in [-0.15, -0.1) is 0 Å². The second kappa shape index (κ2) is 11.8. The van der Waals surface area contributed by atoms with Crippen molar-refractivity contribution in [2.75, 3.05) is 13.2 Å². The molecule has 5 rings (SSSR count). The van der Waals surface area contributed by atoms with Gasteiger partial charge in [-0.05, 0) is 64.4 Å². The summed E-state index contributed by atoms with van der Waals surface area (Å²) >= 11 is 0. The van der Waals surface area contributed by atoms with Crippen molar-refractivity contribution in [2.45, 2.75) is 100 Å². The van der Waals surface area contributed by atoms with Crippen molar-refractivity contribution in [1.82, 2.24) is 30.0 Å². The number of allylic oxidation sites excluding steroid dienone is 1. The maximum absolute atomic E-state index is 13.8. The van der Waals surface area contributed by atoms with Crippen LogP contribution in [0.3, 0.4) is 0 Å². The number of sulfonamides is 1. The number of rotatable bonds is 7. The molecule has 42 heavy (non-hydrogen) atoms. The summed E-state index contributed by atoms with van der Waals surface area (Å²) in [6, 6.07) is -0.299. The lowest BCUT2D eigenvalue weighted by Crippen LogP contribution is -2.58. The molecule has 2 saturated carbocycles. The Morgan fingerprint density at radius 1 is 1.17 bits per heavy atom. The van der Waals surface area contributed by atoms with E-state index in [2.05, 4.69) is 20.5 Å². The van der Waals surface area contributed by atoms with Gasteiger partial charge in [-0.2, -0.15) is 5.10 Å². The van der Waals surface area contributed by atoms with E-state index >= 15 is 0 Å². The van der Waals surface area contributed by atoms with Crippen LogP contribution in [0.15, 0.2) is 24.4 Å². The summed E-state index contributed by atoms with van der Waals surface area (Å²) in [6.45, 7) is 1.28. The minimum absolute atomic E-state index is 0.0142. The summed E-state index contributed by atoms with van der Waals surface area (Å²) in [6.07, 6.45) is 10.8. The maximum Gasteiger partial charge on any atom is 0.272 e. The van der Waals surface area contributed by atoms with E-state index in [1.807, 2.05) is 12.2 Å². The first-order valence-electron chi connectivity index (χ1n) is 14.8. The SMILES string of the molecule is CC1(S(=O)(=O)NC(=O)C23CC2C=CCCCCCC(NC(=O)c2ccn(CCF)n2)C(=O)N2CCCC2C(=O)N3)CC1. The molecule has 3 fully saturated rings. The fourth-order valence-corrected chi connectivity index (χ4v) is 7.11. The Hall–Kier alpha value is -3.29. The van der Waals surface area contributed by atoms with Gasteiger partial charge < -0.3 is 15.5 Å². The van der Waals surface area contributed by atoms with Crippen molar-refractivity contribution in [3.8, 4) is 0 Å². The Balaban J connectivity index is 1.34. The summed E-state index contributed by atoms with van der Waals surface area (Å²) in [4.78, 5) is 55.2. The van der Waals surface area contributed by atoms with Gasteiger partial charge in [0, 0.05) is 18.7 Å². The average molecular weight is 607 g/mol. The standard InChI is InChI=1S/C28H39FN6O6S/c1-27(12-13-27)42(40,41)33-26(39)28-18-19(28)8-5-3-2-4-6-9-21(25(38)35-15-7-10-22(35)24(37)31-28)30-23(36)20-11-16-34(32-20)17-14-29/h5,8,11,16,19,21-22H,2-4,6-7,9-10,12-15,17-18H2,1H3,(H,30,36)(H,31,37)(H,33,39). The third-order valence-corrected chi connectivity index (χ3v) is 11.1. The number of carbonyl (C=O) groups is 4. The number of aromatic nitrogens is 2. The number of halogens is 1. The molecule has 0 aromatic carbocycles. The minimum Gasteiger partial charge on any atom is -0.339 e. The van der Waals surface area contributed by atoms with Crippen LogP contribution in [-0.2, 0) is 31.0 Å². The predicted molar refractivity (Wildman–Crippen MR) is 150 cm³/mol. The number of alkyl halides is 1. The fourth-order valence-electron chi connectivity index (χ4n) is 5.80. The highest BCUT2D eigenvalue weighted by atomic mass is 32.2. The molecular formula is C28H39FN6O6S.